The molecular weight excluding hydrogens is 732 g/mol. The normalized spacial score (nSPS) is 16.5. The summed E-state index contributed by atoms with van der Waals surface area (Å²) in [5.41, 5.74) is 12.3. The number of aromatic nitrogens is 1. The van der Waals surface area contributed by atoms with Gasteiger partial charge in [0.2, 0.25) is 29.5 Å². The van der Waals surface area contributed by atoms with E-state index in [-0.39, 0.29) is 44.1 Å². The van der Waals surface area contributed by atoms with E-state index in [1.54, 1.807) is 20.0 Å². The van der Waals surface area contributed by atoms with E-state index >= 15 is 0 Å². The van der Waals surface area contributed by atoms with Gasteiger partial charge in [-0.1, -0.05) is 32.0 Å². The van der Waals surface area contributed by atoms with Crippen LogP contribution in [0, 0.1) is 5.92 Å². The first-order chi connectivity index (χ1) is 26.6. The summed E-state index contributed by atoms with van der Waals surface area (Å²) in [4.78, 5) is 97.9. The molecule has 0 saturated carbocycles. The molecule has 2 aromatic rings. The quantitative estimate of drug-likeness (QED) is 0.0328. The minimum Gasteiger partial charge on any atom is -0.481 e. The number of benzene rings is 1. The Morgan fingerprint density at radius 1 is 0.839 bits per heavy atom. The number of aliphatic imine (C=N–C) groups is 1. The number of aliphatic hydroxyl groups is 1. The number of hydrogen-bond acceptors (Lipinski definition) is 10. The van der Waals surface area contributed by atoms with Crippen molar-refractivity contribution in [2.75, 3.05) is 19.7 Å². The molecule has 1 aromatic heterocycles. The number of aliphatic carboxylic acids is 2. The Labute approximate surface area is 323 Å². The fourth-order valence-electron chi connectivity index (χ4n) is 6.20. The van der Waals surface area contributed by atoms with Crippen molar-refractivity contribution < 1.29 is 48.9 Å². The number of fused-ring (bicyclic) bond motifs is 1. The van der Waals surface area contributed by atoms with Crippen molar-refractivity contribution in [1.29, 1.82) is 0 Å². The number of rotatable bonds is 23. The van der Waals surface area contributed by atoms with Gasteiger partial charge in [-0.25, -0.2) is 4.79 Å². The second-order valence-electron chi connectivity index (χ2n) is 14.1. The highest BCUT2D eigenvalue weighted by Gasteiger charge is 2.34. The molecule has 1 aliphatic rings. The first kappa shape index (κ1) is 44.6. The number of aliphatic hydroxyl groups excluding tert-OH is 1. The molecule has 308 valence electrons. The van der Waals surface area contributed by atoms with E-state index < -0.39 is 97.2 Å². The number of nitrogens with two attached hydrogens (primary N) is 2. The Kier molecular flexibility index (Phi) is 17.5. The third-order valence-corrected chi connectivity index (χ3v) is 9.10. The molecule has 3 rings (SSSR count). The molecule has 20 nitrogen and oxygen atoms in total. The summed E-state index contributed by atoms with van der Waals surface area (Å²) in [5, 5.41) is 45.3. The summed E-state index contributed by atoms with van der Waals surface area (Å²) < 4.78 is 0. The minimum atomic E-state index is -1.61. The van der Waals surface area contributed by atoms with Gasteiger partial charge in [0.05, 0.1) is 12.6 Å². The first-order valence-corrected chi connectivity index (χ1v) is 18.5. The number of carboxylic acids is 2. The zero-order chi connectivity index (χ0) is 41.4. The minimum absolute atomic E-state index is 0.0158. The maximum absolute atomic E-state index is 14.0. The van der Waals surface area contributed by atoms with Crippen LogP contribution in [-0.4, -0.2) is 124 Å². The number of carbonyl (C=O) groups is 7. The van der Waals surface area contributed by atoms with Crippen LogP contribution in [-0.2, 0) is 40.0 Å². The maximum Gasteiger partial charge on any atom is 0.326 e. The van der Waals surface area contributed by atoms with Crippen LogP contribution >= 0.6 is 0 Å². The largest absolute Gasteiger partial charge is 0.481 e. The third kappa shape index (κ3) is 14.1. The lowest BCUT2D eigenvalue weighted by Gasteiger charge is -2.27. The fourth-order valence-corrected chi connectivity index (χ4v) is 6.20. The lowest BCUT2D eigenvalue weighted by Crippen LogP contribution is -2.60. The van der Waals surface area contributed by atoms with Gasteiger partial charge >= 0.3 is 11.9 Å². The number of nitrogens with one attached hydrogen (secondary N) is 7. The van der Waals surface area contributed by atoms with Crippen LogP contribution in [0.1, 0.15) is 64.4 Å². The van der Waals surface area contributed by atoms with Crippen LogP contribution < -0.4 is 43.4 Å². The van der Waals surface area contributed by atoms with Crippen LogP contribution in [0.15, 0.2) is 35.5 Å². The van der Waals surface area contributed by atoms with Gasteiger partial charge < -0.3 is 63.7 Å². The fraction of sp³-hybridized carbons (Fsp3) is 0.556. The zero-order valence-electron chi connectivity index (χ0n) is 31.5. The number of aromatic amines is 1. The average Bonchev–Trinajstić information content (AvgIpc) is 3.83. The average molecular weight is 787 g/mol. The second kappa shape index (κ2) is 22.0. The van der Waals surface area contributed by atoms with Gasteiger partial charge in [0.25, 0.3) is 0 Å². The predicted molar refractivity (Wildman–Crippen MR) is 204 cm³/mol. The van der Waals surface area contributed by atoms with Crippen molar-refractivity contribution in [2.45, 2.75) is 101 Å². The van der Waals surface area contributed by atoms with Gasteiger partial charge in [-0.2, -0.15) is 0 Å². The molecule has 0 spiro atoms. The summed E-state index contributed by atoms with van der Waals surface area (Å²) in [7, 11) is 0. The first-order valence-electron chi connectivity index (χ1n) is 18.5. The van der Waals surface area contributed by atoms with Crippen LogP contribution in [0.2, 0.25) is 0 Å². The molecule has 2 heterocycles. The van der Waals surface area contributed by atoms with Crippen molar-refractivity contribution in [3.63, 3.8) is 0 Å². The molecule has 0 aliphatic carbocycles. The Bertz CT molecular complexity index is 1720. The molecule has 14 N–H and O–H groups in total. The van der Waals surface area contributed by atoms with E-state index in [4.69, 9.17) is 11.5 Å². The SMILES string of the molecule is CC(C)C[C@H](NC(=O)[C@H](CO)NC(=O)[C@H](CCCN=C(N)N)NC(=O)[C@H](CCC(=O)O)NC(=O)[C@H](Cc1c[nH]c2ccccc12)NC(=O)[C@@H]1CCCN1)C(=O)O. The molecule has 6 atom stereocenters. The molecule has 0 bridgehead atoms. The van der Waals surface area contributed by atoms with Gasteiger partial charge in [-0.15, -0.1) is 0 Å². The van der Waals surface area contributed by atoms with Gasteiger partial charge in [0, 0.05) is 36.5 Å². The second-order valence-corrected chi connectivity index (χ2v) is 14.1. The highest BCUT2D eigenvalue weighted by molar-refractivity contribution is 5.97. The van der Waals surface area contributed by atoms with Crippen LogP contribution in [0.25, 0.3) is 10.9 Å². The number of hydrogen-bond donors (Lipinski definition) is 12. The summed E-state index contributed by atoms with van der Waals surface area (Å²) in [6.45, 7) is 3.25. The lowest BCUT2D eigenvalue weighted by atomic mass is 10.0. The van der Waals surface area contributed by atoms with E-state index in [1.807, 2.05) is 24.3 Å². The number of carboxylic acid groups (broad SMARTS) is 2. The van der Waals surface area contributed by atoms with Crippen molar-refractivity contribution in [2.24, 2.45) is 22.4 Å². The molecule has 5 amide bonds. The molecule has 1 fully saturated rings. The summed E-state index contributed by atoms with van der Waals surface area (Å²) >= 11 is 0. The molecule has 1 saturated heterocycles. The number of para-hydroxylation sites is 1. The molecule has 1 aromatic carbocycles. The number of guanidine groups is 1. The standard InChI is InChI=1S/C36H54N10O10/c1-19(2)15-27(35(55)56)45-34(54)28(18-47)46-31(51)24(10-6-14-40-36(37)38)42-32(52)25(11-12-29(48)49)43-33(53)26(44-30(50)23-9-5-13-39-23)16-20-17-41-22-8-4-3-7-21(20)22/h3-4,7-8,17,19,23-28,39,41,47H,5-6,9-16,18H2,1-2H3,(H,42,52)(H,43,53)(H,44,50)(H,45,54)(H,46,51)(H,48,49)(H,55,56)(H4,37,38,40)/t23-,24-,25-,26-,27-,28-/m0/s1. The van der Waals surface area contributed by atoms with Gasteiger partial charge in [0.1, 0.15) is 30.2 Å². The van der Waals surface area contributed by atoms with Crippen LogP contribution in [0.4, 0.5) is 0 Å². The van der Waals surface area contributed by atoms with Crippen molar-refractivity contribution in [1.82, 2.24) is 36.9 Å². The van der Waals surface area contributed by atoms with Gasteiger partial charge in [0.15, 0.2) is 5.96 Å². The number of carbonyl (C=O) groups excluding carboxylic acids is 5. The Morgan fingerprint density at radius 2 is 1.45 bits per heavy atom. The summed E-state index contributed by atoms with van der Waals surface area (Å²) in [6.07, 6.45) is 2.16. The summed E-state index contributed by atoms with van der Waals surface area (Å²) in [6, 6.07) is -0.237. The highest BCUT2D eigenvalue weighted by atomic mass is 16.4. The molecule has 20 heteroatoms. The van der Waals surface area contributed by atoms with E-state index in [2.05, 4.69) is 41.9 Å². The molecule has 0 radical (unpaired) electrons. The van der Waals surface area contributed by atoms with Crippen LogP contribution in [0.5, 0.6) is 0 Å². The van der Waals surface area contributed by atoms with Crippen molar-refractivity contribution in [3.8, 4) is 0 Å². The molecular formula is C36H54N10O10. The van der Waals surface area contributed by atoms with Crippen LogP contribution in [0.3, 0.4) is 0 Å². The smallest absolute Gasteiger partial charge is 0.326 e. The predicted octanol–water partition coefficient (Wildman–Crippen LogP) is -2.07. The Hall–Kier alpha value is -5.76. The number of amides is 5. The van der Waals surface area contributed by atoms with Gasteiger partial charge in [-0.3, -0.25) is 33.8 Å². The van der Waals surface area contributed by atoms with E-state index in [1.165, 1.54) is 0 Å². The van der Waals surface area contributed by atoms with E-state index in [9.17, 15) is 48.9 Å². The monoisotopic (exact) mass is 786 g/mol. The molecule has 0 unspecified atom stereocenters. The Morgan fingerprint density at radius 3 is 2.04 bits per heavy atom. The van der Waals surface area contributed by atoms with E-state index in [0.29, 0.717) is 18.5 Å². The number of H-pyrrole nitrogens is 1. The maximum atomic E-state index is 14.0. The third-order valence-electron chi connectivity index (χ3n) is 9.10. The number of nitrogens with zero attached hydrogens (tertiary/aromatic N) is 1. The van der Waals surface area contributed by atoms with E-state index in [0.717, 1.165) is 17.3 Å². The highest BCUT2D eigenvalue weighted by Crippen LogP contribution is 2.20. The van der Waals surface area contributed by atoms with Gasteiger partial charge in [-0.05, 0) is 62.6 Å². The summed E-state index contributed by atoms with van der Waals surface area (Å²) in [5.74, 6) is -7.02. The zero-order valence-corrected chi connectivity index (χ0v) is 31.5. The van der Waals surface area contributed by atoms with Crippen molar-refractivity contribution in [3.05, 3.63) is 36.0 Å². The Balaban J connectivity index is 1.85. The lowest BCUT2D eigenvalue weighted by molar-refractivity contribution is -0.143. The molecule has 1 aliphatic heterocycles. The molecule has 56 heavy (non-hydrogen) atoms. The topological polar surface area (TPSA) is 333 Å². The van der Waals surface area contributed by atoms with Crippen molar-refractivity contribution >= 4 is 58.3 Å².